The molecule has 1 N–H and O–H groups in total. The van der Waals surface area contributed by atoms with Crippen LogP contribution in [0.25, 0.3) is 0 Å². The van der Waals surface area contributed by atoms with Crippen molar-refractivity contribution >= 4 is 21.4 Å². The molecule has 0 unspecified atom stereocenters. The van der Waals surface area contributed by atoms with E-state index in [2.05, 4.69) is 14.9 Å². The smallest absolute Gasteiger partial charge is 0.206 e. The first-order valence-corrected chi connectivity index (χ1v) is 8.19. The maximum Gasteiger partial charge on any atom is 0.250 e. The molecular formula is C12H15N3O2S2. The molecule has 2 aromatic rings. The van der Waals surface area contributed by atoms with Crippen molar-refractivity contribution in [1.82, 2.24) is 14.9 Å². The SMILES string of the molecule is CCc1ccc(S(=O)(=O)NCc2ccc(C)nn2)s1. The highest BCUT2D eigenvalue weighted by molar-refractivity contribution is 7.91. The van der Waals surface area contributed by atoms with Crippen LogP contribution in [0.3, 0.4) is 0 Å². The summed E-state index contributed by atoms with van der Waals surface area (Å²) in [6, 6.07) is 7.03. The average Bonchev–Trinajstić information content (AvgIpc) is 2.88. The van der Waals surface area contributed by atoms with E-state index in [9.17, 15) is 8.42 Å². The van der Waals surface area contributed by atoms with Crippen molar-refractivity contribution in [3.63, 3.8) is 0 Å². The molecule has 0 aliphatic carbocycles. The van der Waals surface area contributed by atoms with E-state index in [4.69, 9.17) is 0 Å². The van der Waals surface area contributed by atoms with Crippen LogP contribution in [0.15, 0.2) is 28.5 Å². The molecule has 0 amide bonds. The van der Waals surface area contributed by atoms with Crippen molar-refractivity contribution in [2.75, 3.05) is 0 Å². The second-order valence-corrected chi connectivity index (χ2v) is 7.23. The van der Waals surface area contributed by atoms with Gasteiger partial charge in [0.05, 0.1) is 17.9 Å². The summed E-state index contributed by atoms with van der Waals surface area (Å²) < 4.78 is 27.0. The van der Waals surface area contributed by atoms with Gasteiger partial charge in [0.1, 0.15) is 4.21 Å². The quantitative estimate of drug-likeness (QED) is 0.914. The van der Waals surface area contributed by atoms with Crippen LogP contribution >= 0.6 is 11.3 Å². The van der Waals surface area contributed by atoms with Gasteiger partial charge in [0.25, 0.3) is 0 Å². The molecule has 2 heterocycles. The largest absolute Gasteiger partial charge is 0.250 e. The number of hydrogen-bond donors (Lipinski definition) is 1. The van der Waals surface area contributed by atoms with E-state index >= 15 is 0 Å². The van der Waals surface area contributed by atoms with Crippen LogP contribution in [0, 0.1) is 6.92 Å². The second kappa shape index (κ2) is 5.77. The number of nitrogens with one attached hydrogen (secondary N) is 1. The lowest BCUT2D eigenvalue weighted by Crippen LogP contribution is -2.23. The number of nitrogens with zero attached hydrogens (tertiary/aromatic N) is 2. The van der Waals surface area contributed by atoms with E-state index in [1.165, 1.54) is 11.3 Å². The lowest BCUT2D eigenvalue weighted by molar-refractivity contribution is 0.582. The molecule has 2 rings (SSSR count). The van der Waals surface area contributed by atoms with Crippen molar-refractivity contribution in [2.24, 2.45) is 0 Å². The van der Waals surface area contributed by atoms with Crippen molar-refractivity contribution in [3.8, 4) is 0 Å². The maximum atomic E-state index is 12.1. The Morgan fingerprint density at radius 2 is 2.00 bits per heavy atom. The summed E-state index contributed by atoms with van der Waals surface area (Å²) >= 11 is 1.29. The number of sulfonamides is 1. The summed E-state index contributed by atoms with van der Waals surface area (Å²) in [6.45, 7) is 3.98. The Morgan fingerprint density at radius 3 is 2.58 bits per heavy atom. The normalized spacial score (nSPS) is 11.7. The number of aromatic nitrogens is 2. The van der Waals surface area contributed by atoms with E-state index < -0.39 is 10.0 Å². The molecule has 0 radical (unpaired) electrons. The first kappa shape index (κ1) is 14.1. The summed E-state index contributed by atoms with van der Waals surface area (Å²) in [6.07, 6.45) is 0.837. The monoisotopic (exact) mass is 297 g/mol. The predicted octanol–water partition coefficient (Wildman–Crippen LogP) is 1.89. The van der Waals surface area contributed by atoms with Crippen LogP contribution in [-0.4, -0.2) is 18.6 Å². The van der Waals surface area contributed by atoms with Gasteiger partial charge in [-0.1, -0.05) is 6.92 Å². The fourth-order valence-corrected chi connectivity index (χ4v) is 3.79. The first-order chi connectivity index (χ1) is 9.01. The van der Waals surface area contributed by atoms with Crippen molar-refractivity contribution < 1.29 is 8.42 Å². The third kappa shape index (κ3) is 3.59. The Bertz CT molecular complexity index is 648. The molecule has 5 nitrogen and oxygen atoms in total. The number of aryl methyl sites for hydroxylation is 2. The molecule has 0 saturated carbocycles. The molecule has 0 aliphatic rings. The van der Waals surface area contributed by atoms with E-state index in [1.54, 1.807) is 18.2 Å². The fourth-order valence-electron chi connectivity index (χ4n) is 1.45. The fraction of sp³-hybridized carbons (Fsp3) is 0.333. The van der Waals surface area contributed by atoms with Gasteiger partial charge in [0.15, 0.2) is 0 Å². The summed E-state index contributed by atoms with van der Waals surface area (Å²) in [5.41, 5.74) is 1.40. The van der Waals surface area contributed by atoms with Crippen LogP contribution in [0.2, 0.25) is 0 Å². The lowest BCUT2D eigenvalue weighted by atomic mass is 10.3. The highest BCUT2D eigenvalue weighted by Gasteiger charge is 2.16. The summed E-state index contributed by atoms with van der Waals surface area (Å²) in [4.78, 5) is 1.05. The van der Waals surface area contributed by atoms with Crippen molar-refractivity contribution in [2.45, 2.75) is 31.0 Å². The summed E-state index contributed by atoms with van der Waals surface area (Å²) in [5.74, 6) is 0. The van der Waals surface area contributed by atoms with Gasteiger partial charge in [-0.3, -0.25) is 0 Å². The van der Waals surface area contributed by atoms with Crippen molar-refractivity contribution in [1.29, 1.82) is 0 Å². The van der Waals surface area contributed by atoms with Crippen LogP contribution in [0.4, 0.5) is 0 Å². The Hall–Kier alpha value is -1.31. The summed E-state index contributed by atoms with van der Waals surface area (Å²) in [7, 11) is -3.46. The molecule has 2 aromatic heterocycles. The molecule has 0 fully saturated rings. The van der Waals surface area contributed by atoms with E-state index in [-0.39, 0.29) is 6.54 Å². The second-order valence-electron chi connectivity index (χ2n) is 4.06. The minimum absolute atomic E-state index is 0.148. The maximum absolute atomic E-state index is 12.1. The molecule has 0 saturated heterocycles. The Morgan fingerprint density at radius 1 is 1.21 bits per heavy atom. The van der Waals surface area contributed by atoms with E-state index in [0.717, 1.165) is 17.0 Å². The molecule has 0 spiro atoms. The van der Waals surface area contributed by atoms with Crippen LogP contribution in [0.5, 0.6) is 0 Å². The molecule has 0 aliphatic heterocycles. The summed E-state index contributed by atoms with van der Waals surface area (Å²) in [5, 5.41) is 7.81. The molecule has 0 atom stereocenters. The molecule has 0 aromatic carbocycles. The van der Waals surface area contributed by atoms with Gasteiger partial charge in [0, 0.05) is 4.88 Å². The number of rotatable bonds is 5. The van der Waals surface area contributed by atoms with Crippen molar-refractivity contribution in [3.05, 3.63) is 40.5 Å². The molecule has 0 bridgehead atoms. The van der Waals surface area contributed by atoms with E-state index in [1.807, 2.05) is 19.9 Å². The van der Waals surface area contributed by atoms with Gasteiger partial charge in [-0.15, -0.1) is 11.3 Å². The van der Waals surface area contributed by atoms with E-state index in [0.29, 0.717) is 9.90 Å². The Labute approximate surface area is 116 Å². The van der Waals surface area contributed by atoms with Gasteiger partial charge in [-0.05, 0) is 37.6 Å². The zero-order chi connectivity index (χ0) is 13.9. The van der Waals surface area contributed by atoms with Gasteiger partial charge in [-0.25, -0.2) is 13.1 Å². The molecular weight excluding hydrogens is 282 g/mol. The highest BCUT2D eigenvalue weighted by Crippen LogP contribution is 2.21. The number of hydrogen-bond acceptors (Lipinski definition) is 5. The van der Waals surface area contributed by atoms with Crippen LogP contribution in [-0.2, 0) is 23.0 Å². The molecule has 7 heteroatoms. The standard InChI is InChI=1S/C12H15N3O2S2/c1-3-11-6-7-12(18-11)19(16,17)13-8-10-5-4-9(2)14-15-10/h4-7,13H,3,8H2,1-2H3. The Balaban J connectivity index is 2.07. The zero-order valence-electron chi connectivity index (χ0n) is 10.8. The molecule has 102 valence electrons. The molecule has 19 heavy (non-hydrogen) atoms. The van der Waals surface area contributed by atoms with Gasteiger partial charge in [-0.2, -0.15) is 10.2 Å². The third-order valence-corrected chi connectivity index (χ3v) is 5.67. The van der Waals surface area contributed by atoms with Gasteiger partial charge in [0.2, 0.25) is 10.0 Å². The van der Waals surface area contributed by atoms with Gasteiger partial charge >= 0.3 is 0 Å². The Kier molecular flexibility index (Phi) is 4.28. The minimum atomic E-state index is -3.46. The van der Waals surface area contributed by atoms with Crippen LogP contribution in [0.1, 0.15) is 23.2 Å². The average molecular weight is 297 g/mol. The van der Waals surface area contributed by atoms with Crippen LogP contribution < -0.4 is 4.72 Å². The zero-order valence-corrected chi connectivity index (χ0v) is 12.4. The lowest BCUT2D eigenvalue weighted by Gasteiger charge is -2.03. The first-order valence-electron chi connectivity index (χ1n) is 5.89. The topological polar surface area (TPSA) is 72.0 Å². The predicted molar refractivity (Wildman–Crippen MR) is 74.5 cm³/mol. The highest BCUT2D eigenvalue weighted by atomic mass is 32.2. The minimum Gasteiger partial charge on any atom is -0.206 e. The number of thiophene rings is 1. The third-order valence-electron chi connectivity index (χ3n) is 2.55. The van der Waals surface area contributed by atoms with Gasteiger partial charge < -0.3 is 0 Å².